The van der Waals surface area contributed by atoms with E-state index in [9.17, 15) is 4.39 Å². The number of hydrogen-bond donors (Lipinski definition) is 2. The van der Waals surface area contributed by atoms with Crippen LogP contribution in [0.5, 0.6) is 0 Å². The third-order valence-electron chi connectivity index (χ3n) is 3.17. The van der Waals surface area contributed by atoms with Gasteiger partial charge in [0.05, 0.1) is 5.69 Å². The number of anilines is 3. The van der Waals surface area contributed by atoms with Crippen LogP contribution >= 0.6 is 0 Å². The third kappa shape index (κ3) is 3.04. The molecule has 2 aromatic rings. The summed E-state index contributed by atoms with van der Waals surface area (Å²) in [5, 5.41) is 6.27. The first-order valence-electron chi connectivity index (χ1n) is 6.90. The van der Waals surface area contributed by atoms with Gasteiger partial charge < -0.3 is 10.6 Å². The normalized spacial score (nSPS) is 14.1. The van der Waals surface area contributed by atoms with Crippen LogP contribution in [0, 0.1) is 5.82 Å². The molecule has 1 aromatic heterocycles. The van der Waals surface area contributed by atoms with Crippen LogP contribution in [-0.2, 0) is 0 Å². The van der Waals surface area contributed by atoms with Crippen LogP contribution in [0.1, 0.15) is 31.4 Å². The monoisotopic (exact) mass is 272 g/mol. The average molecular weight is 272 g/mol. The molecule has 1 saturated carbocycles. The van der Waals surface area contributed by atoms with Gasteiger partial charge in [-0.15, -0.1) is 0 Å². The Labute approximate surface area is 117 Å². The standard InChI is InChI=1S/C15H17FN4/c1-2-17-15-19-13(10-6-7-10)9-14(20-15)18-12-5-3-4-11(16)8-12/h3-5,8-10H,2,6-7H2,1H3,(H2,17,18,19,20). The molecule has 0 spiro atoms. The first kappa shape index (κ1) is 12.8. The van der Waals surface area contributed by atoms with Gasteiger partial charge in [0.15, 0.2) is 0 Å². The van der Waals surface area contributed by atoms with Gasteiger partial charge in [0.25, 0.3) is 0 Å². The number of halogens is 1. The summed E-state index contributed by atoms with van der Waals surface area (Å²) in [5.74, 6) is 1.60. The fraction of sp³-hybridized carbons (Fsp3) is 0.333. The molecule has 1 aliphatic carbocycles. The lowest BCUT2D eigenvalue weighted by molar-refractivity contribution is 0.628. The van der Waals surface area contributed by atoms with Crippen LogP contribution in [0.4, 0.5) is 21.8 Å². The van der Waals surface area contributed by atoms with Crippen LogP contribution in [-0.4, -0.2) is 16.5 Å². The summed E-state index contributed by atoms with van der Waals surface area (Å²) < 4.78 is 13.2. The Hall–Kier alpha value is -2.17. The number of rotatable bonds is 5. The highest BCUT2D eigenvalue weighted by molar-refractivity contribution is 5.58. The molecule has 1 aromatic carbocycles. The Morgan fingerprint density at radius 3 is 2.80 bits per heavy atom. The van der Waals surface area contributed by atoms with E-state index in [0.717, 1.165) is 12.2 Å². The average Bonchev–Trinajstić information content (AvgIpc) is 3.23. The summed E-state index contributed by atoms with van der Waals surface area (Å²) in [7, 11) is 0. The van der Waals surface area contributed by atoms with E-state index in [1.807, 2.05) is 19.1 Å². The molecule has 3 rings (SSSR count). The van der Waals surface area contributed by atoms with Crippen molar-refractivity contribution in [3.8, 4) is 0 Å². The highest BCUT2D eigenvalue weighted by atomic mass is 19.1. The predicted molar refractivity (Wildman–Crippen MR) is 77.9 cm³/mol. The number of hydrogen-bond acceptors (Lipinski definition) is 4. The van der Waals surface area contributed by atoms with Gasteiger partial charge in [0, 0.05) is 24.2 Å². The Bertz CT molecular complexity index is 611. The number of nitrogens with one attached hydrogen (secondary N) is 2. The van der Waals surface area contributed by atoms with E-state index < -0.39 is 0 Å². The van der Waals surface area contributed by atoms with Crippen LogP contribution in [0.25, 0.3) is 0 Å². The van der Waals surface area contributed by atoms with Gasteiger partial charge in [-0.2, -0.15) is 4.98 Å². The van der Waals surface area contributed by atoms with Crippen molar-refractivity contribution in [3.63, 3.8) is 0 Å². The van der Waals surface area contributed by atoms with Gasteiger partial charge in [0.1, 0.15) is 11.6 Å². The molecule has 4 nitrogen and oxygen atoms in total. The fourth-order valence-corrected chi connectivity index (χ4v) is 2.07. The van der Waals surface area contributed by atoms with Crippen molar-refractivity contribution in [1.82, 2.24) is 9.97 Å². The minimum atomic E-state index is -0.265. The molecule has 0 amide bonds. The molecule has 0 bridgehead atoms. The molecule has 0 atom stereocenters. The van der Waals surface area contributed by atoms with Crippen molar-refractivity contribution in [2.75, 3.05) is 17.2 Å². The second kappa shape index (κ2) is 5.45. The lowest BCUT2D eigenvalue weighted by Crippen LogP contribution is -2.06. The third-order valence-corrected chi connectivity index (χ3v) is 3.17. The summed E-state index contributed by atoms with van der Waals surface area (Å²) in [6, 6.07) is 8.31. The molecule has 104 valence electrons. The van der Waals surface area contributed by atoms with Crippen LogP contribution < -0.4 is 10.6 Å². The minimum Gasteiger partial charge on any atom is -0.354 e. The molecule has 20 heavy (non-hydrogen) atoms. The molecule has 0 unspecified atom stereocenters. The summed E-state index contributed by atoms with van der Waals surface area (Å²) in [5.41, 5.74) is 1.74. The van der Waals surface area contributed by atoms with Gasteiger partial charge in [-0.05, 0) is 38.0 Å². The Morgan fingerprint density at radius 1 is 1.25 bits per heavy atom. The molecule has 1 fully saturated rings. The Kier molecular flexibility index (Phi) is 3.50. The summed E-state index contributed by atoms with van der Waals surface area (Å²) in [6.45, 7) is 2.78. The SMILES string of the molecule is CCNc1nc(Nc2cccc(F)c2)cc(C2CC2)n1. The zero-order valence-corrected chi connectivity index (χ0v) is 11.4. The number of aromatic nitrogens is 2. The van der Waals surface area contributed by atoms with E-state index in [2.05, 4.69) is 20.6 Å². The molecule has 0 saturated heterocycles. The zero-order chi connectivity index (χ0) is 13.9. The molecule has 2 N–H and O–H groups in total. The minimum absolute atomic E-state index is 0.265. The van der Waals surface area contributed by atoms with Gasteiger partial charge in [-0.3, -0.25) is 0 Å². The van der Waals surface area contributed by atoms with Gasteiger partial charge in [0.2, 0.25) is 5.95 Å². The van der Waals surface area contributed by atoms with Crippen molar-refractivity contribution in [1.29, 1.82) is 0 Å². The highest BCUT2D eigenvalue weighted by Gasteiger charge is 2.26. The largest absolute Gasteiger partial charge is 0.354 e. The van der Waals surface area contributed by atoms with E-state index in [0.29, 0.717) is 23.4 Å². The number of nitrogens with zero attached hydrogens (tertiary/aromatic N) is 2. The number of benzene rings is 1. The van der Waals surface area contributed by atoms with Gasteiger partial charge >= 0.3 is 0 Å². The van der Waals surface area contributed by atoms with Gasteiger partial charge in [-0.1, -0.05) is 6.07 Å². The topological polar surface area (TPSA) is 49.8 Å². The highest BCUT2D eigenvalue weighted by Crippen LogP contribution is 2.40. The maximum Gasteiger partial charge on any atom is 0.224 e. The molecule has 0 radical (unpaired) electrons. The van der Waals surface area contributed by atoms with Crippen molar-refractivity contribution in [2.24, 2.45) is 0 Å². The summed E-state index contributed by atoms with van der Waals surface area (Å²) in [6.07, 6.45) is 2.37. The van der Waals surface area contributed by atoms with E-state index in [1.165, 1.54) is 25.0 Å². The van der Waals surface area contributed by atoms with Gasteiger partial charge in [-0.25, -0.2) is 9.37 Å². The predicted octanol–water partition coefficient (Wildman–Crippen LogP) is 3.67. The van der Waals surface area contributed by atoms with E-state index in [4.69, 9.17) is 0 Å². The quantitative estimate of drug-likeness (QED) is 0.872. The maximum atomic E-state index is 13.2. The molecule has 1 heterocycles. The molecule has 5 heteroatoms. The molecular formula is C15H17FN4. The van der Waals surface area contributed by atoms with Crippen molar-refractivity contribution >= 4 is 17.5 Å². The van der Waals surface area contributed by atoms with E-state index in [-0.39, 0.29) is 5.82 Å². The maximum absolute atomic E-state index is 13.2. The van der Waals surface area contributed by atoms with Crippen LogP contribution in [0.3, 0.4) is 0 Å². The van der Waals surface area contributed by atoms with Crippen molar-refractivity contribution < 1.29 is 4.39 Å². The molecular weight excluding hydrogens is 255 g/mol. The van der Waals surface area contributed by atoms with E-state index >= 15 is 0 Å². The first-order chi connectivity index (χ1) is 9.74. The van der Waals surface area contributed by atoms with Crippen LogP contribution in [0.2, 0.25) is 0 Å². The van der Waals surface area contributed by atoms with Crippen molar-refractivity contribution in [3.05, 3.63) is 41.8 Å². The van der Waals surface area contributed by atoms with E-state index in [1.54, 1.807) is 6.07 Å². The molecule has 1 aliphatic rings. The fourth-order valence-electron chi connectivity index (χ4n) is 2.07. The lowest BCUT2D eigenvalue weighted by atomic mass is 10.2. The molecule has 0 aliphatic heterocycles. The zero-order valence-electron chi connectivity index (χ0n) is 11.4. The smallest absolute Gasteiger partial charge is 0.224 e. The van der Waals surface area contributed by atoms with Crippen molar-refractivity contribution in [2.45, 2.75) is 25.7 Å². The summed E-state index contributed by atoms with van der Waals surface area (Å²) in [4.78, 5) is 8.91. The lowest BCUT2D eigenvalue weighted by Gasteiger charge is -2.10. The first-order valence-corrected chi connectivity index (χ1v) is 6.90. The summed E-state index contributed by atoms with van der Waals surface area (Å²) >= 11 is 0. The second-order valence-corrected chi connectivity index (χ2v) is 4.94. The van der Waals surface area contributed by atoms with Crippen LogP contribution in [0.15, 0.2) is 30.3 Å². The Morgan fingerprint density at radius 2 is 2.10 bits per heavy atom. The Balaban J connectivity index is 1.87. The second-order valence-electron chi connectivity index (χ2n) is 4.94.